The van der Waals surface area contributed by atoms with Crippen molar-refractivity contribution >= 4 is 30.5 Å². The Bertz CT molecular complexity index is 498. The maximum Gasteiger partial charge on any atom is 0.127 e. The first-order chi connectivity index (χ1) is 9.92. The van der Waals surface area contributed by atoms with E-state index in [1.54, 1.807) is 11.8 Å². The number of ether oxygens (including phenoxy) is 1. The van der Waals surface area contributed by atoms with E-state index in [4.69, 9.17) is 4.74 Å². The van der Waals surface area contributed by atoms with Crippen molar-refractivity contribution in [2.45, 2.75) is 32.6 Å². The molecule has 3 heteroatoms. The molecule has 0 bridgehead atoms. The van der Waals surface area contributed by atoms with E-state index in [1.165, 1.54) is 49.5 Å². The highest BCUT2D eigenvalue weighted by Crippen LogP contribution is 2.31. The number of fused-ring (bicyclic) bond motifs is 1. The van der Waals surface area contributed by atoms with E-state index in [1.807, 2.05) is 0 Å². The zero-order valence-corrected chi connectivity index (χ0v) is 14.0. The molecule has 2 aromatic rings. The van der Waals surface area contributed by atoms with Crippen LogP contribution in [0.4, 0.5) is 0 Å². The Morgan fingerprint density at radius 1 is 1.15 bits per heavy atom. The number of hydrogen-bond donors (Lipinski definition) is 0. The molecule has 108 valence electrons. The van der Waals surface area contributed by atoms with Gasteiger partial charge in [0, 0.05) is 10.5 Å². The van der Waals surface area contributed by atoms with Crippen LogP contribution >= 0.6 is 8.19 Å². The van der Waals surface area contributed by atoms with Gasteiger partial charge in [-0.2, -0.15) is 0 Å². The van der Waals surface area contributed by atoms with Crippen LogP contribution in [0, 0.1) is 0 Å². The van der Waals surface area contributed by atoms with Gasteiger partial charge in [0.15, 0.2) is 0 Å². The molecule has 0 amide bonds. The number of benzene rings is 1. The minimum Gasteiger partial charge on any atom is -0.493 e. The Morgan fingerprint density at radius 2 is 1.95 bits per heavy atom. The molecular formula is C17H24OPS+. The average Bonchev–Trinajstić information content (AvgIpc) is 3.07. The van der Waals surface area contributed by atoms with Gasteiger partial charge in [-0.3, -0.25) is 0 Å². The van der Waals surface area contributed by atoms with Crippen LogP contribution in [0.5, 0.6) is 5.75 Å². The zero-order chi connectivity index (χ0) is 14.0. The van der Waals surface area contributed by atoms with Crippen molar-refractivity contribution in [2.75, 3.05) is 18.1 Å². The van der Waals surface area contributed by atoms with Crippen LogP contribution in [0.15, 0.2) is 36.1 Å². The Balaban J connectivity index is 0.000000247. The third kappa shape index (κ3) is 5.00. The second-order valence-electron chi connectivity index (χ2n) is 4.91. The summed E-state index contributed by atoms with van der Waals surface area (Å²) >= 11 is 1.69. The highest BCUT2D eigenvalue weighted by Gasteiger charge is 2.04. The van der Waals surface area contributed by atoms with Crippen molar-refractivity contribution < 1.29 is 4.74 Å². The first kappa shape index (κ1) is 15.7. The van der Waals surface area contributed by atoms with Crippen molar-refractivity contribution in [2.24, 2.45) is 0 Å². The van der Waals surface area contributed by atoms with Gasteiger partial charge in [-0.05, 0) is 49.0 Å². The van der Waals surface area contributed by atoms with Crippen LogP contribution in [-0.4, -0.2) is 18.1 Å². The first-order valence-corrected chi connectivity index (χ1v) is 9.74. The molecule has 0 aliphatic carbocycles. The SMILES string of the molecule is C1CC[SH+]C1.CCCCOc1ccpc2ccccc12. The second kappa shape index (κ2) is 9.26. The molecule has 0 saturated carbocycles. The number of hydrogen-bond acceptors (Lipinski definition) is 1. The summed E-state index contributed by atoms with van der Waals surface area (Å²) in [5.74, 6) is 6.11. The molecule has 1 saturated heterocycles. The number of rotatable bonds is 4. The molecule has 1 aliphatic heterocycles. The Morgan fingerprint density at radius 3 is 2.65 bits per heavy atom. The molecule has 0 radical (unpaired) electrons. The van der Waals surface area contributed by atoms with Crippen LogP contribution < -0.4 is 4.74 Å². The van der Waals surface area contributed by atoms with Gasteiger partial charge in [0.1, 0.15) is 17.3 Å². The molecule has 0 unspecified atom stereocenters. The summed E-state index contributed by atoms with van der Waals surface area (Å²) in [6, 6.07) is 10.5. The molecule has 20 heavy (non-hydrogen) atoms. The first-order valence-electron chi connectivity index (χ1n) is 7.51. The van der Waals surface area contributed by atoms with E-state index in [0.717, 1.165) is 18.8 Å². The van der Waals surface area contributed by atoms with E-state index >= 15 is 0 Å². The fourth-order valence-electron chi connectivity index (χ4n) is 2.08. The molecule has 1 aliphatic rings. The third-order valence-electron chi connectivity index (χ3n) is 3.25. The summed E-state index contributed by atoms with van der Waals surface area (Å²) in [5, 5.41) is 2.59. The van der Waals surface area contributed by atoms with Gasteiger partial charge in [-0.25, -0.2) is 0 Å². The van der Waals surface area contributed by atoms with Gasteiger partial charge in [-0.15, -0.1) is 0 Å². The molecule has 1 aromatic carbocycles. The maximum atomic E-state index is 5.78. The van der Waals surface area contributed by atoms with Gasteiger partial charge >= 0.3 is 0 Å². The molecule has 3 rings (SSSR count). The number of unbranched alkanes of at least 4 members (excludes halogenated alkanes) is 1. The molecule has 0 atom stereocenters. The Kier molecular flexibility index (Phi) is 7.25. The molecule has 0 spiro atoms. The van der Waals surface area contributed by atoms with Gasteiger partial charge in [0.25, 0.3) is 0 Å². The summed E-state index contributed by atoms with van der Waals surface area (Å²) in [7, 11) is 1.27. The second-order valence-corrected chi connectivity index (χ2v) is 7.29. The molecule has 0 N–H and O–H groups in total. The molecular weight excluding hydrogens is 283 g/mol. The molecule has 1 fully saturated rings. The fourth-order valence-corrected chi connectivity index (χ4v) is 4.07. The highest BCUT2D eigenvalue weighted by atomic mass is 32.2. The number of thiol groups is 1. The van der Waals surface area contributed by atoms with Gasteiger partial charge in [-0.1, -0.05) is 39.7 Å². The summed E-state index contributed by atoms with van der Waals surface area (Å²) in [5.41, 5.74) is 0. The molecule has 1 nitrogen and oxygen atoms in total. The van der Waals surface area contributed by atoms with E-state index in [9.17, 15) is 0 Å². The lowest BCUT2D eigenvalue weighted by molar-refractivity contribution is 0.313. The summed E-state index contributed by atoms with van der Waals surface area (Å²) in [6.07, 6.45) is 5.28. The maximum absolute atomic E-state index is 5.78. The lowest BCUT2D eigenvalue weighted by Gasteiger charge is -2.07. The zero-order valence-electron chi connectivity index (χ0n) is 12.2. The van der Waals surface area contributed by atoms with Crippen molar-refractivity contribution in [1.29, 1.82) is 0 Å². The summed E-state index contributed by atoms with van der Waals surface area (Å²) in [4.78, 5) is 0. The topological polar surface area (TPSA) is 9.23 Å². The average molecular weight is 307 g/mol. The standard InChI is InChI=1S/C13H15OP.C4H8S/c1-2-3-9-14-12-8-10-15-13-7-5-4-6-11(12)13;1-2-4-5-3-1/h4-8,10H,2-3,9H2,1H3;1-4H2/p+1. The predicted octanol–water partition coefficient (Wildman–Crippen LogP) is 5.19. The van der Waals surface area contributed by atoms with E-state index in [0.29, 0.717) is 0 Å². The van der Waals surface area contributed by atoms with Gasteiger partial charge in [0.2, 0.25) is 0 Å². The minimum absolute atomic E-state index is 0.821. The van der Waals surface area contributed by atoms with E-state index in [2.05, 4.69) is 43.1 Å². The van der Waals surface area contributed by atoms with Crippen molar-refractivity contribution in [1.82, 2.24) is 0 Å². The van der Waals surface area contributed by atoms with Crippen LogP contribution in [0.1, 0.15) is 32.6 Å². The van der Waals surface area contributed by atoms with Crippen LogP contribution in [0.25, 0.3) is 10.5 Å². The normalized spacial score (nSPS) is 14.2. The fraction of sp³-hybridized carbons (Fsp3) is 0.471. The third-order valence-corrected chi connectivity index (χ3v) is 5.48. The van der Waals surface area contributed by atoms with Crippen LogP contribution in [0.2, 0.25) is 0 Å². The van der Waals surface area contributed by atoms with E-state index in [-0.39, 0.29) is 0 Å². The van der Waals surface area contributed by atoms with Crippen LogP contribution in [-0.2, 0) is 11.8 Å². The minimum atomic E-state index is 0.821. The Labute approximate surface area is 128 Å². The largest absolute Gasteiger partial charge is 0.493 e. The predicted molar refractivity (Wildman–Crippen MR) is 94.6 cm³/mol. The van der Waals surface area contributed by atoms with E-state index < -0.39 is 0 Å². The lowest BCUT2D eigenvalue weighted by atomic mass is 10.2. The summed E-state index contributed by atoms with van der Waals surface area (Å²) in [6.45, 7) is 3.00. The van der Waals surface area contributed by atoms with Gasteiger partial charge in [0.05, 0.1) is 6.61 Å². The highest BCUT2D eigenvalue weighted by molar-refractivity contribution is 7.78. The van der Waals surface area contributed by atoms with Crippen LogP contribution in [0.3, 0.4) is 0 Å². The smallest absolute Gasteiger partial charge is 0.127 e. The van der Waals surface area contributed by atoms with Crippen molar-refractivity contribution in [3.63, 3.8) is 0 Å². The Hall–Kier alpha value is -0.720. The molecule has 1 aromatic heterocycles. The van der Waals surface area contributed by atoms with Gasteiger partial charge < -0.3 is 4.74 Å². The van der Waals surface area contributed by atoms with Crippen molar-refractivity contribution in [3.05, 3.63) is 36.1 Å². The molecule has 2 heterocycles. The quantitative estimate of drug-likeness (QED) is 0.429. The van der Waals surface area contributed by atoms with Crippen molar-refractivity contribution in [3.8, 4) is 5.75 Å². The lowest BCUT2D eigenvalue weighted by Crippen LogP contribution is -1.96. The monoisotopic (exact) mass is 307 g/mol. The summed E-state index contributed by atoms with van der Waals surface area (Å²) < 4.78 is 5.78.